The Hall–Kier alpha value is -1.99. The minimum atomic E-state index is -1.29. The Morgan fingerprint density at radius 2 is 1.80 bits per heavy atom. The van der Waals surface area contributed by atoms with Gasteiger partial charge in [0.05, 0.1) is 21.3 Å². The van der Waals surface area contributed by atoms with Crippen LogP contribution in [-0.4, -0.2) is 27.9 Å². The average Bonchev–Trinajstić information content (AvgIpc) is 2.62. The standard InChI is InChI=1S/C18H18BrNO4S/c1-3-25(23)16-7-5-4-6-15(16)18(22)24-12(2)17(21)20-14-10-8-13(19)9-11-14/h4-12H,3H2,1-2H3,(H,20,21)/t12-,25+/m0/s1. The van der Waals surface area contributed by atoms with E-state index < -0.39 is 28.8 Å². The summed E-state index contributed by atoms with van der Waals surface area (Å²) in [5.41, 5.74) is 0.814. The molecule has 5 nitrogen and oxygen atoms in total. The van der Waals surface area contributed by atoms with E-state index in [0.29, 0.717) is 16.3 Å². The number of esters is 1. The van der Waals surface area contributed by atoms with Crippen molar-refractivity contribution in [3.63, 3.8) is 0 Å². The molecule has 7 heteroatoms. The summed E-state index contributed by atoms with van der Waals surface area (Å²) in [5.74, 6) is -0.718. The van der Waals surface area contributed by atoms with Crippen LogP contribution in [0.4, 0.5) is 5.69 Å². The lowest BCUT2D eigenvalue weighted by Crippen LogP contribution is -2.30. The molecule has 0 fully saturated rings. The maximum absolute atomic E-state index is 12.4. The van der Waals surface area contributed by atoms with E-state index in [2.05, 4.69) is 21.2 Å². The van der Waals surface area contributed by atoms with Crippen molar-refractivity contribution in [3.8, 4) is 0 Å². The van der Waals surface area contributed by atoms with Gasteiger partial charge in [0.25, 0.3) is 5.91 Å². The average molecular weight is 424 g/mol. The first kappa shape index (κ1) is 19.3. The highest BCUT2D eigenvalue weighted by molar-refractivity contribution is 9.10. The van der Waals surface area contributed by atoms with Crippen LogP contribution in [0.5, 0.6) is 0 Å². The minimum absolute atomic E-state index is 0.214. The third kappa shape index (κ3) is 5.24. The zero-order valence-electron chi connectivity index (χ0n) is 13.8. The number of carbonyl (C=O) groups excluding carboxylic acids is 2. The predicted molar refractivity (Wildman–Crippen MR) is 101 cm³/mol. The molecule has 1 amide bonds. The van der Waals surface area contributed by atoms with E-state index in [4.69, 9.17) is 4.74 Å². The fraction of sp³-hybridized carbons (Fsp3) is 0.222. The number of halogens is 1. The molecule has 0 saturated carbocycles. The molecule has 0 aromatic heterocycles. The number of hydrogen-bond donors (Lipinski definition) is 1. The molecule has 132 valence electrons. The van der Waals surface area contributed by atoms with Gasteiger partial charge in [0, 0.05) is 15.9 Å². The summed E-state index contributed by atoms with van der Waals surface area (Å²) in [6, 6.07) is 13.6. The second kappa shape index (κ2) is 8.92. The van der Waals surface area contributed by atoms with Crippen LogP contribution in [0.25, 0.3) is 0 Å². The number of nitrogens with one attached hydrogen (secondary N) is 1. The van der Waals surface area contributed by atoms with Crippen LogP contribution in [-0.2, 0) is 20.3 Å². The molecule has 0 saturated heterocycles. The van der Waals surface area contributed by atoms with Crippen molar-refractivity contribution >= 4 is 44.3 Å². The zero-order valence-corrected chi connectivity index (χ0v) is 16.2. The van der Waals surface area contributed by atoms with Gasteiger partial charge in [-0.2, -0.15) is 0 Å². The molecule has 2 aromatic carbocycles. The molecule has 0 bridgehead atoms. The van der Waals surface area contributed by atoms with Gasteiger partial charge in [-0.1, -0.05) is 35.0 Å². The number of hydrogen-bond acceptors (Lipinski definition) is 4. The second-order valence-electron chi connectivity index (χ2n) is 5.17. The molecule has 2 rings (SSSR count). The smallest absolute Gasteiger partial charge is 0.340 e. The molecule has 0 spiro atoms. The van der Waals surface area contributed by atoms with E-state index in [1.54, 1.807) is 55.5 Å². The van der Waals surface area contributed by atoms with Crippen molar-refractivity contribution in [2.24, 2.45) is 0 Å². The lowest BCUT2D eigenvalue weighted by Gasteiger charge is -2.15. The Balaban J connectivity index is 2.06. The molecule has 1 N–H and O–H groups in total. The predicted octanol–water partition coefficient (Wildman–Crippen LogP) is 3.76. The van der Waals surface area contributed by atoms with Crippen LogP contribution in [0.3, 0.4) is 0 Å². The minimum Gasteiger partial charge on any atom is -0.449 e. The van der Waals surface area contributed by atoms with Crippen molar-refractivity contribution in [1.29, 1.82) is 0 Å². The highest BCUT2D eigenvalue weighted by Crippen LogP contribution is 2.17. The largest absolute Gasteiger partial charge is 0.449 e. The number of benzene rings is 2. The molecule has 0 aliphatic rings. The maximum atomic E-state index is 12.4. The first-order chi connectivity index (χ1) is 11.9. The summed E-state index contributed by atoms with van der Waals surface area (Å²) < 4.78 is 18.2. The van der Waals surface area contributed by atoms with Crippen LogP contribution in [0.1, 0.15) is 24.2 Å². The van der Waals surface area contributed by atoms with Gasteiger partial charge in [0.1, 0.15) is 0 Å². The number of ether oxygens (including phenoxy) is 1. The Bertz CT molecular complexity index is 792. The van der Waals surface area contributed by atoms with Crippen molar-refractivity contribution in [2.45, 2.75) is 24.8 Å². The molecule has 2 aromatic rings. The Morgan fingerprint density at radius 3 is 2.44 bits per heavy atom. The van der Waals surface area contributed by atoms with Crippen molar-refractivity contribution in [3.05, 3.63) is 58.6 Å². The van der Waals surface area contributed by atoms with Gasteiger partial charge in [0.15, 0.2) is 6.10 Å². The fourth-order valence-electron chi connectivity index (χ4n) is 2.04. The quantitative estimate of drug-likeness (QED) is 0.717. The molecule has 0 unspecified atom stereocenters. The summed E-state index contributed by atoms with van der Waals surface area (Å²) in [5, 5.41) is 2.68. The lowest BCUT2D eigenvalue weighted by atomic mass is 10.2. The Morgan fingerprint density at radius 1 is 1.16 bits per heavy atom. The first-order valence-electron chi connectivity index (χ1n) is 7.67. The summed E-state index contributed by atoms with van der Waals surface area (Å²) >= 11 is 3.32. The molecular weight excluding hydrogens is 406 g/mol. The van der Waals surface area contributed by atoms with E-state index in [-0.39, 0.29) is 5.56 Å². The molecule has 25 heavy (non-hydrogen) atoms. The number of amides is 1. The molecule has 0 aliphatic carbocycles. The molecule has 0 aliphatic heterocycles. The van der Waals surface area contributed by atoms with Gasteiger partial charge in [-0.25, -0.2) is 4.79 Å². The third-order valence-corrected chi connectivity index (χ3v) is 5.28. The van der Waals surface area contributed by atoms with Crippen LogP contribution in [0.15, 0.2) is 57.9 Å². The van der Waals surface area contributed by atoms with Crippen LogP contribution >= 0.6 is 15.9 Å². The highest BCUT2D eigenvalue weighted by Gasteiger charge is 2.22. The number of rotatable bonds is 6. The lowest BCUT2D eigenvalue weighted by molar-refractivity contribution is -0.123. The van der Waals surface area contributed by atoms with Gasteiger partial charge in [-0.05, 0) is 43.3 Å². The van der Waals surface area contributed by atoms with E-state index >= 15 is 0 Å². The summed E-state index contributed by atoms with van der Waals surface area (Å²) in [6.07, 6.45) is -0.987. The molecule has 2 atom stereocenters. The Labute approximate surface area is 157 Å². The number of anilines is 1. The highest BCUT2D eigenvalue weighted by atomic mass is 79.9. The van der Waals surface area contributed by atoms with Crippen LogP contribution in [0.2, 0.25) is 0 Å². The van der Waals surface area contributed by atoms with Gasteiger partial charge in [-0.15, -0.1) is 0 Å². The number of carbonyl (C=O) groups is 2. The van der Waals surface area contributed by atoms with Gasteiger partial charge < -0.3 is 10.1 Å². The van der Waals surface area contributed by atoms with E-state index in [9.17, 15) is 13.8 Å². The summed E-state index contributed by atoms with van der Waals surface area (Å²) in [7, 11) is -1.29. The topological polar surface area (TPSA) is 72.5 Å². The van der Waals surface area contributed by atoms with E-state index in [0.717, 1.165) is 4.47 Å². The fourth-order valence-corrected chi connectivity index (χ4v) is 3.25. The second-order valence-corrected chi connectivity index (χ2v) is 7.80. The molecular formula is C18H18BrNO4S. The van der Waals surface area contributed by atoms with Crippen molar-refractivity contribution < 1.29 is 18.5 Å². The molecule has 0 radical (unpaired) electrons. The van der Waals surface area contributed by atoms with Crippen LogP contribution < -0.4 is 5.32 Å². The van der Waals surface area contributed by atoms with Gasteiger partial charge in [-0.3, -0.25) is 9.00 Å². The normalized spacial score (nSPS) is 12.9. The van der Waals surface area contributed by atoms with Crippen molar-refractivity contribution in [2.75, 3.05) is 11.1 Å². The monoisotopic (exact) mass is 423 g/mol. The third-order valence-electron chi connectivity index (χ3n) is 3.38. The maximum Gasteiger partial charge on any atom is 0.340 e. The molecule has 0 heterocycles. The summed E-state index contributed by atoms with van der Waals surface area (Å²) in [6.45, 7) is 3.26. The van der Waals surface area contributed by atoms with Gasteiger partial charge >= 0.3 is 5.97 Å². The SMILES string of the molecule is CC[S@@](=O)c1ccccc1C(=O)O[C@@H](C)C(=O)Nc1ccc(Br)cc1. The Kier molecular flexibility index (Phi) is 6.90. The van der Waals surface area contributed by atoms with Crippen LogP contribution in [0, 0.1) is 0 Å². The van der Waals surface area contributed by atoms with E-state index in [1.165, 1.54) is 6.92 Å². The summed E-state index contributed by atoms with van der Waals surface area (Å²) in [4.78, 5) is 24.9. The van der Waals surface area contributed by atoms with Crippen molar-refractivity contribution in [1.82, 2.24) is 0 Å². The van der Waals surface area contributed by atoms with E-state index in [1.807, 2.05) is 0 Å². The van der Waals surface area contributed by atoms with Gasteiger partial charge in [0.2, 0.25) is 0 Å². The zero-order chi connectivity index (χ0) is 18.4. The first-order valence-corrected chi connectivity index (χ1v) is 9.78.